The lowest BCUT2D eigenvalue weighted by Crippen LogP contribution is -1.98. The predicted molar refractivity (Wildman–Crippen MR) is 56.4 cm³/mol. The van der Waals surface area contributed by atoms with Crippen molar-refractivity contribution in [1.82, 2.24) is 0 Å². The molecule has 0 spiro atoms. The van der Waals surface area contributed by atoms with Gasteiger partial charge in [0, 0.05) is 11.8 Å². The summed E-state index contributed by atoms with van der Waals surface area (Å²) in [6.07, 6.45) is 0.932. The number of aliphatic imine (C=N–C) groups is 1. The molecule has 0 atom stereocenters. The van der Waals surface area contributed by atoms with Crippen molar-refractivity contribution in [3.63, 3.8) is 0 Å². The maximum atomic E-state index is 13.2. The van der Waals surface area contributed by atoms with Crippen LogP contribution >= 0.6 is 0 Å². The van der Waals surface area contributed by atoms with Crippen LogP contribution in [-0.4, -0.2) is 6.21 Å². The number of benzene rings is 1. The number of halogens is 2. The second-order valence-corrected chi connectivity index (χ2v) is 2.89. The maximum absolute atomic E-state index is 13.2. The van der Waals surface area contributed by atoms with Crippen LogP contribution in [0.3, 0.4) is 0 Å². The normalized spacial score (nSPS) is 11.8. The molecule has 6 heteroatoms. The summed E-state index contributed by atoms with van der Waals surface area (Å²) < 4.78 is 26.0. The van der Waals surface area contributed by atoms with Crippen LogP contribution in [0.25, 0.3) is 0 Å². The molecule has 0 aliphatic heterocycles. The zero-order valence-corrected chi connectivity index (χ0v) is 8.48. The van der Waals surface area contributed by atoms with Gasteiger partial charge < -0.3 is 5.73 Å². The lowest BCUT2D eigenvalue weighted by atomic mass is 10.2. The van der Waals surface area contributed by atoms with Crippen LogP contribution in [0, 0.1) is 34.3 Å². The highest BCUT2D eigenvalue weighted by molar-refractivity contribution is 5.81. The molecule has 0 aliphatic carbocycles. The zero-order chi connectivity index (χ0) is 12.8. The third-order valence-electron chi connectivity index (χ3n) is 1.80. The van der Waals surface area contributed by atoms with Crippen molar-refractivity contribution >= 4 is 6.21 Å². The number of hydrogen-bond donors (Lipinski definition) is 1. The molecule has 2 N–H and O–H groups in total. The van der Waals surface area contributed by atoms with E-state index in [0.29, 0.717) is 0 Å². The molecule has 1 rings (SSSR count). The summed E-state index contributed by atoms with van der Waals surface area (Å²) in [6.45, 7) is 0. The van der Waals surface area contributed by atoms with Crippen LogP contribution in [0.15, 0.2) is 34.6 Å². The Kier molecular flexibility index (Phi) is 3.91. The number of allylic oxidation sites excluding steroid dienone is 2. The van der Waals surface area contributed by atoms with Gasteiger partial charge in [-0.3, -0.25) is 0 Å². The highest BCUT2D eigenvalue weighted by Crippen LogP contribution is 2.10. The SMILES string of the molecule is N#C/C(N)=C(/C#N)N=Cc1cccc(F)c1F. The summed E-state index contributed by atoms with van der Waals surface area (Å²) in [4.78, 5) is 3.52. The van der Waals surface area contributed by atoms with Crippen molar-refractivity contribution in [1.29, 1.82) is 10.5 Å². The Morgan fingerprint density at radius 3 is 2.59 bits per heavy atom. The predicted octanol–water partition coefficient (Wildman–Crippen LogP) is 1.60. The molecule has 1 aromatic carbocycles. The largest absolute Gasteiger partial charge is 0.388 e. The van der Waals surface area contributed by atoms with E-state index in [1.54, 1.807) is 6.07 Å². The Balaban J connectivity index is 3.12. The maximum Gasteiger partial charge on any atom is 0.174 e. The molecule has 0 saturated carbocycles. The Morgan fingerprint density at radius 2 is 2.00 bits per heavy atom. The van der Waals surface area contributed by atoms with Gasteiger partial charge in [-0.05, 0) is 6.07 Å². The van der Waals surface area contributed by atoms with Crippen LogP contribution in [0.4, 0.5) is 8.78 Å². The number of rotatable bonds is 2. The highest BCUT2D eigenvalue weighted by Gasteiger charge is 2.05. The first-order valence-corrected chi connectivity index (χ1v) is 4.38. The molecule has 0 fully saturated rings. The van der Waals surface area contributed by atoms with E-state index in [9.17, 15) is 8.78 Å². The van der Waals surface area contributed by atoms with Gasteiger partial charge in [0.2, 0.25) is 0 Å². The van der Waals surface area contributed by atoms with Crippen molar-refractivity contribution in [2.75, 3.05) is 0 Å². The van der Waals surface area contributed by atoms with Crippen molar-refractivity contribution < 1.29 is 8.78 Å². The van der Waals surface area contributed by atoms with Crippen LogP contribution < -0.4 is 5.73 Å². The minimum atomic E-state index is -1.08. The zero-order valence-electron chi connectivity index (χ0n) is 8.48. The number of nitrogens with zero attached hydrogens (tertiary/aromatic N) is 3. The molecule has 0 bridgehead atoms. The molecule has 0 unspecified atom stereocenters. The fourth-order valence-electron chi connectivity index (χ4n) is 0.966. The van der Waals surface area contributed by atoms with Crippen LogP contribution in [0.5, 0.6) is 0 Å². The molecule has 0 radical (unpaired) electrons. The van der Waals surface area contributed by atoms with Gasteiger partial charge in [-0.2, -0.15) is 10.5 Å². The minimum Gasteiger partial charge on any atom is -0.388 e. The third-order valence-corrected chi connectivity index (χ3v) is 1.80. The molecule has 0 aromatic heterocycles. The standard InChI is InChI=1S/C11H6F2N4/c12-8-3-1-2-7(11(8)13)6-17-10(5-15)9(16)4-14/h1-3,6H,16H2/b10-9+,17-6?. The lowest BCUT2D eigenvalue weighted by Gasteiger charge is -1.96. The van der Waals surface area contributed by atoms with Gasteiger partial charge in [0.1, 0.15) is 17.8 Å². The van der Waals surface area contributed by atoms with E-state index in [2.05, 4.69) is 4.99 Å². The number of hydrogen-bond acceptors (Lipinski definition) is 4. The summed E-state index contributed by atoms with van der Waals surface area (Å²) >= 11 is 0. The first-order valence-electron chi connectivity index (χ1n) is 4.38. The van der Waals surface area contributed by atoms with Crippen LogP contribution in [-0.2, 0) is 0 Å². The first kappa shape index (κ1) is 12.3. The van der Waals surface area contributed by atoms with Crippen LogP contribution in [0.1, 0.15) is 5.56 Å². The monoisotopic (exact) mass is 232 g/mol. The van der Waals surface area contributed by atoms with Crippen molar-refractivity contribution in [3.8, 4) is 12.1 Å². The second kappa shape index (κ2) is 5.38. The van der Waals surface area contributed by atoms with Crippen molar-refractivity contribution in [2.24, 2.45) is 10.7 Å². The van der Waals surface area contributed by atoms with Gasteiger partial charge in [-0.1, -0.05) is 12.1 Å². The molecule has 0 heterocycles. The van der Waals surface area contributed by atoms with Crippen LogP contribution in [0.2, 0.25) is 0 Å². The molecule has 84 valence electrons. The van der Waals surface area contributed by atoms with E-state index in [-0.39, 0.29) is 17.0 Å². The number of nitrogens with two attached hydrogens (primary N) is 1. The fraction of sp³-hybridized carbons (Fsp3) is 0. The van der Waals surface area contributed by atoms with Gasteiger partial charge in [0.25, 0.3) is 0 Å². The second-order valence-electron chi connectivity index (χ2n) is 2.89. The molecule has 1 aromatic rings. The Morgan fingerprint density at radius 1 is 1.29 bits per heavy atom. The minimum absolute atomic E-state index is 0.136. The van der Waals surface area contributed by atoms with E-state index in [1.807, 2.05) is 0 Å². The average molecular weight is 232 g/mol. The van der Waals surface area contributed by atoms with E-state index in [1.165, 1.54) is 18.2 Å². The van der Waals surface area contributed by atoms with Crippen molar-refractivity contribution in [2.45, 2.75) is 0 Å². The quantitative estimate of drug-likeness (QED) is 0.620. The molecular formula is C11H6F2N4. The van der Waals surface area contributed by atoms with Gasteiger partial charge >= 0.3 is 0 Å². The average Bonchev–Trinajstić information content (AvgIpc) is 2.34. The molecule has 17 heavy (non-hydrogen) atoms. The smallest absolute Gasteiger partial charge is 0.174 e. The molecule has 4 nitrogen and oxygen atoms in total. The number of nitriles is 2. The summed E-state index contributed by atoms with van der Waals surface area (Å²) in [5, 5.41) is 17.0. The first-order chi connectivity index (χ1) is 8.10. The molecule has 0 saturated heterocycles. The van der Waals surface area contributed by atoms with E-state index < -0.39 is 11.6 Å². The molecular weight excluding hydrogens is 226 g/mol. The van der Waals surface area contributed by atoms with Gasteiger partial charge in [0.05, 0.1) is 0 Å². The Hall–Kier alpha value is -2.73. The highest BCUT2D eigenvalue weighted by atomic mass is 19.2. The lowest BCUT2D eigenvalue weighted by molar-refractivity contribution is 0.507. The summed E-state index contributed by atoms with van der Waals surface area (Å²) in [5.74, 6) is -2.10. The topological polar surface area (TPSA) is 86.0 Å². The van der Waals surface area contributed by atoms with E-state index >= 15 is 0 Å². The van der Waals surface area contributed by atoms with E-state index in [0.717, 1.165) is 12.3 Å². The third kappa shape index (κ3) is 2.86. The molecule has 0 amide bonds. The molecule has 0 aliphatic rings. The van der Waals surface area contributed by atoms with E-state index in [4.69, 9.17) is 16.3 Å². The summed E-state index contributed by atoms with van der Waals surface area (Å²) in [7, 11) is 0. The van der Waals surface area contributed by atoms with Gasteiger partial charge in [-0.25, -0.2) is 13.8 Å². The van der Waals surface area contributed by atoms with Crippen molar-refractivity contribution in [3.05, 3.63) is 46.8 Å². The summed E-state index contributed by atoms with van der Waals surface area (Å²) in [5.41, 5.74) is 4.30. The van der Waals surface area contributed by atoms with Gasteiger partial charge in [-0.15, -0.1) is 0 Å². The Labute approximate surface area is 95.9 Å². The summed E-state index contributed by atoms with van der Waals surface area (Å²) in [6, 6.07) is 6.63. The Bertz CT molecular complexity index is 576. The van der Waals surface area contributed by atoms with Gasteiger partial charge in [0.15, 0.2) is 17.3 Å². The fourth-order valence-corrected chi connectivity index (χ4v) is 0.966.